The number of anilines is 2. The lowest BCUT2D eigenvalue weighted by atomic mass is 10.1. The summed E-state index contributed by atoms with van der Waals surface area (Å²) in [5, 5.41) is 24.2. The van der Waals surface area contributed by atoms with Gasteiger partial charge in [-0.25, -0.2) is 0 Å². The standard InChI is InChI=1S/C11H16N2O3/c1-11(2,3)12(14)9-5-7-10(8-6-9)13(15)16-4/h5-8H,1-4H3/q-2. The van der Waals surface area contributed by atoms with Crippen LogP contribution in [-0.2, 0) is 4.84 Å². The summed E-state index contributed by atoms with van der Waals surface area (Å²) in [6.45, 7) is 5.47. The first-order valence-electron chi connectivity index (χ1n) is 4.95. The van der Waals surface area contributed by atoms with Gasteiger partial charge in [0, 0.05) is 11.2 Å². The topological polar surface area (TPSA) is 61.8 Å². The van der Waals surface area contributed by atoms with E-state index in [4.69, 9.17) is 0 Å². The summed E-state index contributed by atoms with van der Waals surface area (Å²) in [5.41, 5.74) is 0.370. The van der Waals surface area contributed by atoms with Crippen LogP contribution < -0.4 is 10.3 Å². The van der Waals surface area contributed by atoms with Gasteiger partial charge in [0.2, 0.25) is 0 Å². The van der Waals surface area contributed by atoms with E-state index in [0.29, 0.717) is 16.6 Å². The fraction of sp³-hybridized carbons (Fsp3) is 0.455. The zero-order chi connectivity index (χ0) is 12.3. The Morgan fingerprint density at radius 3 is 1.81 bits per heavy atom. The van der Waals surface area contributed by atoms with Crippen LogP contribution in [-0.4, -0.2) is 12.6 Å². The second kappa shape index (κ2) is 4.69. The summed E-state index contributed by atoms with van der Waals surface area (Å²) in [6, 6.07) is 6.28. The Kier molecular flexibility index (Phi) is 3.74. The van der Waals surface area contributed by atoms with Crippen LogP contribution in [0.5, 0.6) is 0 Å². The molecular formula is C11H16N2O3-2. The van der Waals surface area contributed by atoms with Crippen molar-refractivity contribution in [2.75, 3.05) is 17.4 Å². The van der Waals surface area contributed by atoms with Gasteiger partial charge in [-0.2, -0.15) is 0 Å². The zero-order valence-electron chi connectivity index (χ0n) is 9.93. The molecule has 16 heavy (non-hydrogen) atoms. The molecule has 0 saturated heterocycles. The van der Waals surface area contributed by atoms with E-state index in [0.717, 1.165) is 5.06 Å². The average molecular weight is 224 g/mol. The third-order valence-electron chi connectivity index (χ3n) is 2.07. The van der Waals surface area contributed by atoms with E-state index in [-0.39, 0.29) is 0 Å². The molecule has 0 bridgehead atoms. The summed E-state index contributed by atoms with van der Waals surface area (Å²) >= 11 is 0. The van der Waals surface area contributed by atoms with Gasteiger partial charge in [-0.1, -0.05) is 0 Å². The lowest BCUT2D eigenvalue weighted by Crippen LogP contribution is -2.36. The van der Waals surface area contributed by atoms with Crippen molar-refractivity contribution in [1.29, 1.82) is 0 Å². The maximum absolute atomic E-state index is 11.8. The predicted molar refractivity (Wildman–Crippen MR) is 64.9 cm³/mol. The van der Waals surface area contributed by atoms with Gasteiger partial charge in [-0.05, 0) is 45.0 Å². The van der Waals surface area contributed by atoms with Gasteiger partial charge in [-0.3, -0.25) is 4.84 Å². The van der Waals surface area contributed by atoms with E-state index in [1.54, 1.807) is 24.3 Å². The molecule has 90 valence electrons. The molecule has 0 aliphatic carbocycles. The van der Waals surface area contributed by atoms with Gasteiger partial charge in [0.1, 0.15) is 0 Å². The van der Waals surface area contributed by atoms with Gasteiger partial charge in [-0.15, -0.1) is 0 Å². The molecule has 0 amide bonds. The van der Waals surface area contributed by atoms with Gasteiger partial charge < -0.3 is 20.7 Å². The summed E-state index contributed by atoms with van der Waals surface area (Å²) in [5.74, 6) is 0. The zero-order valence-corrected chi connectivity index (χ0v) is 9.93. The molecule has 0 spiro atoms. The van der Waals surface area contributed by atoms with E-state index in [2.05, 4.69) is 4.84 Å². The van der Waals surface area contributed by atoms with Crippen molar-refractivity contribution in [3.63, 3.8) is 0 Å². The third kappa shape index (κ3) is 2.85. The van der Waals surface area contributed by atoms with Gasteiger partial charge in [0.05, 0.1) is 12.8 Å². The fourth-order valence-corrected chi connectivity index (χ4v) is 1.20. The van der Waals surface area contributed by atoms with Crippen molar-refractivity contribution in [2.45, 2.75) is 26.3 Å². The first-order valence-corrected chi connectivity index (χ1v) is 4.95. The Hall–Kier alpha value is -1.30. The van der Waals surface area contributed by atoms with Crippen molar-refractivity contribution in [1.82, 2.24) is 0 Å². The molecule has 5 heteroatoms. The molecule has 0 aliphatic heterocycles. The van der Waals surface area contributed by atoms with Crippen LogP contribution in [0.2, 0.25) is 0 Å². The molecule has 1 rings (SSSR count). The Morgan fingerprint density at radius 2 is 1.44 bits per heavy atom. The second-order valence-electron chi connectivity index (χ2n) is 4.42. The largest absolute Gasteiger partial charge is 0.758 e. The molecule has 5 nitrogen and oxygen atoms in total. The third-order valence-corrected chi connectivity index (χ3v) is 2.07. The lowest BCUT2D eigenvalue weighted by Gasteiger charge is -2.43. The molecule has 0 atom stereocenters. The van der Waals surface area contributed by atoms with E-state index in [1.165, 1.54) is 7.11 Å². The van der Waals surface area contributed by atoms with Gasteiger partial charge in [0.15, 0.2) is 0 Å². The highest BCUT2D eigenvalue weighted by molar-refractivity contribution is 5.57. The van der Waals surface area contributed by atoms with Crippen molar-refractivity contribution in [2.24, 2.45) is 0 Å². The van der Waals surface area contributed by atoms with Gasteiger partial charge >= 0.3 is 0 Å². The highest BCUT2D eigenvalue weighted by Gasteiger charge is 2.12. The summed E-state index contributed by atoms with van der Waals surface area (Å²) in [4.78, 5) is 4.49. The molecule has 0 radical (unpaired) electrons. The maximum Gasteiger partial charge on any atom is 0.0629 e. The summed E-state index contributed by atoms with van der Waals surface area (Å²) < 4.78 is 0. The van der Waals surface area contributed by atoms with Crippen molar-refractivity contribution < 1.29 is 4.84 Å². The minimum absolute atomic E-state index is 0.355. The number of hydrogen-bond acceptors (Lipinski definition) is 5. The molecule has 0 N–H and O–H groups in total. The molecule has 0 unspecified atom stereocenters. The van der Waals surface area contributed by atoms with Crippen LogP contribution in [0.4, 0.5) is 11.4 Å². The van der Waals surface area contributed by atoms with E-state index in [1.807, 2.05) is 20.8 Å². The molecule has 1 aromatic carbocycles. The van der Waals surface area contributed by atoms with Crippen LogP contribution in [0, 0.1) is 10.4 Å². The minimum Gasteiger partial charge on any atom is -0.758 e. The smallest absolute Gasteiger partial charge is 0.0629 e. The van der Waals surface area contributed by atoms with Crippen LogP contribution in [0.25, 0.3) is 0 Å². The molecule has 0 saturated carbocycles. The van der Waals surface area contributed by atoms with Crippen LogP contribution >= 0.6 is 0 Å². The lowest BCUT2D eigenvalue weighted by molar-refractivity contribution is 0.198. The number of hydroxylamine groups is 1. The Morgan fingerprint density at radius 1 is 1.00 bits per heavy atom. The maximum atomic E-state index is 11.8. The van der Waals surface area contributed by atoms with Crippen LogP contribution in [0.15, 0.2) is 24.3 Å². The number of benzene rings is 1. The SMILES string of the molecule is CON([O-])c1ccc(N([O-])C(C)(C)C)cc1. The predicted octanol–water partition coefficient (Wildman–Crippen LogP) is 2.65. The minimum atomic E-state index is -0.500. The second-order valence-corrected chi connectivity index (χ2v) is 4.42. The van der Waals surface area contributed by atoms with Crippen LogP contribution in [0.1, 0.15) is 20.8 Å². The van der Waals surface area contributed by atoms with Crippen LogP contribution in [0.3, 0.4) is 0 Å². The molecule has 0 aromatic heterocycles. The summed E-state index contributed by atoms with van der Waals surface area (Å²) in [6.07, 6.45) is 0. The van der Waals surface area contributed by atoms with Crippen molar-refractivity contribution in [3.05, 3.63) is 34.7 Å². The van der Waals surface area contributed by atoms with E-state index < -0.39 is 5.54 Å². The average Bonchev–Trinajstić information content (AvgIpc) is 2.26. The van der Waals surface area contributed by atoms with E-state index >= 15 is 0 Å². The van der Waals surface area contributed by atoms with Crippen molar-refractivity contribution >= 4 is 11.4 Å². The summed E-state index contributed by atoms with van der Waals surface area (Å²) in [7, 11) is 1.29. The van der Waals surface area contributed by atoms with Crippen molar-refractivity contribution in [3.8, 4) is 0 Å². The monoisotopic (exact) mass is 224 g/mol. The molecule has 1 aromatic rings. The highest BCUT2D eigenvalue weighted by Crippen LogP contribution is 2.25. The number of rotatable bonds is 3. The number of nitrogens with zero attached hydrogens (tertiary/aromatic N) is 2. The quantitative estimate of drug-likeness (QED) is 0.738. The molecule has 0 heterocycles. The Labute approximate surface area is 95.3 Å². The Bertz CT molecular complexity index is 332. The Balaban J connectivity index is 2.87. The molecule has 0 aliphatic rings. The number of hydrogen-bond donors (Lipinski definition) is 0. The fourth-order valence-electron chi connectivity index (χ4n) is 1.20. The molecule has 0 fully saturated rings. The highest BCUT2D eigenvalue weighted by atomic mass is 16.9. The first-order chi connectivity index (χ1) is 7.36. The first kappa shape index (κ1) is 12.8. The van der Waals surface area contributed by atoms with Gasteiger partial charge in [0.25, 0.3) is 0 Å². The van der Waals surface area contributed by atoms with E-state index in [9.17, 15) is 10.4 Å². The normalized spacial score (nSPS) is 11.4. The molecular weight excluding hydrogens is 208 g/mol.